The lowest BCUT2D eigenvalue weighted by molar-refractivity contribution is 0.0950. The monoisotopic (exact) mass is 305 g/mol. The number of hydrogen-bond donors (Lipinski definition) is 1. The third-order valence-corrected chi connectivity index (χ3v) is 4.15. The lowest BCUT2D eigenvalue weighted by Crippen LogP contribution is -2.22. The Morgan fingerprint density at radius 3 is 3.10 bits per heavy atom. The number of rotatable bonds is 3. The van der Waals surface area contributed by atoms with Crippen LogP contribution >= 0.6 is 22.9 Å². The fraction of sp³-hybridized carbons (Fsp3) is 0.143. The average Bonchev–Trinajstić information content (AvgIpc) is 2.98. The van der Waals surface area contributed by atoms with Crippen molar-refractivity contribution >= 4 is 33.8 Å². The Labute approximate surface area is 125 Å². The fourth-order valence-electron chi connectivity index (χ4n) is 1.93. The van der Waals surface area contributed by atoms with Crippen LogP contribution in [0.3, 0.4) is 0 Å². The van der Waals surface area contributed by atoms with Gasteiger partial charge in [-0.1, -0.05) is 17.7 Å². The van der Waals surface area contributed by atoms with E-state index in [1.807, 2.05) is 17.5 Å². The van der Waals surface area contributed by atoms with E-state index >= 15 is 0 Å². The quantitative estimate of drug-likeness (QED) is 0.807. The van der Waals surface area contributed by atoms with Gasteiger partial charge in [-0.2, -0.15) is 0 Å². The normalized spacial score (nSPS) is 10.9. The zero-order valence-electron chi connectivity index (χ0n) is 10.8. The lowest BCUT2D eigenvalue weighted by Gasteiger charge is -2.03. The molecule has 1 N–H and O–H groups in total. The van der Waals surface area contributed by atoms with Gasteiger partial charge in [0, 0.05) is 27.9 Å². The van der Waals surface area contributed by atoms with Gasteiger partial charge in [0.1, 0.15) is 0 Å². The number of thiazole rings is 1. The summed E-state index contributed by atoms with van der Waals surface area (Å²) in [4.78, 5) is 17.4. The van der Waals surface area contributed by atoms with E-state index in [4.69, 9.17) is 11.6 Å². The van der Waals surface area contributed by atoms with Crippen molar-refractivity contribution in [2.45, 2.75) is 13.5 Å². The third-order valence-electron chi connectivity index (χ3n) is 2.96. The first-order valence-corrected chi connectivity index (χ1v) is 7.35. The van der Waals surface area contributed by atoms with Crippen LogP contribution in [0.1, 0.15) is 21.7 Å². The molecule has 0 aliphatic carbocycles. The van der Waals surface area contributed by atoms with Crippen LogP contribution in [0.5, 0.6) is 0 Å². The first-order valence-electron chi connectivity index (χ1n) is 6.09. The van der Waals surface area contributed by atoms with Gasteiger partial charge in [0.2, 0.25) is 0 Å². The van der Waals surface area contributed by atoms with Crippen LogP contribution in [0.15, 0.2) is 35.8 Å². The molecule has 2 aromatic heterocycles. The Hall–Kier alpha value is -1.85. The number of aromatic nitrogens is 2. The van der Waals surface area contributed by atoms with Crippen molar-refractivity contribution < 1.29 is 4.79 Å². The number of aryl methyl sites for hydroxylation is 1. The molecule has 0 saturated heterocycles. The number of imidazole rings is 1. The highest BCUT2D eigenvalue weighted by Crippen LogP contribution is 2.16. The molecule has 0 radical (unpaired) electrons. The van der Waals surface area contributed by atoms with E-state index in [-0.39, 0.29) is 5.91 Å². The molecular formula is C14H12ClN3OS. The van der Waals surface area contributed by atoms with Crippen LogP contribution in [0.2, 0.25) is 5.02 Å². The molecule has 0 unspecified atom stereocenters. The van der Waals surface area contributed by atoms with Crippen molar-refractivity contribution in [2.24, 2.45) is 0 Å². The Balaban J connectivity index is 1.71. The highest BCUT2D eigenvalue weighted by atomic mass is 35.5. The second kappa shape index (κ2) is 5.26. The van der Waals surface area contributed by atoms with Gasteiger partial charge in [-0.15, -0.1) is 11.3 Å². The number of hydrogen-bond acceptors (Lipinski definition) is 3. The van der Waals surface area contributed by atoms with Crippen LogP contribution in [0.25, 0.3) is 4.96 Å². The molecule has 0 aliphatic rings. The molecule has 0 atom stereocenters. The van der Waals surface area contributed by atoms with Gasteiger partial charge in [0.15, 0.2) is 4.96 Å². The molecule has 0 saturated carbocycles. The smallest absolute Gasteiger partial charge is 0.251 e. The van der Waals surface area contributed by atoms with E-state index in [0.717, 1.165) is 16.3 Å². The van der Waals surface area contributed by atoms with E-state index in [1.54, 1.807) is 35.6 Å². The van der Waals surface area contributed by atoms with E-state index in [9.17, 15) is 4.79 Å². The molecule has 4 nitrogen and oxygen atoms in total. The minimum Gasteiger partial charge on any atom is -0.346 e. The van der Waals surface area contributed by atoms with E-state index in [0.29, 0.717) is 17.1 Å². The molecule has 3 aromatic rings. The minimum absolute atomic E-state index is 0.152. The summed E-state index contributed by atoms with van der Waals surface area (Å²) in [7, 11) is 0. The van der Waals surface area contributed by atoms with Gasteiger partial charge in [-0.05, 0) is 25.1 Å². The Morgan fingerprint density at radius 2 is 2.35 bits per heavy atom. The summed E-state index contributed by atoms with van der Waals surface area (Å²) in [5.41, 5.74) is 2.54. The largest absolute Gasteiger partial charge is 0.346 e. The summed E-state index contributed by atoms with van der Waals surface area (Å²) >= 11 is 7.46. The molecule has 3 rings (SSSR count). The first-order chi connectivity index (χ1) is 9.63. The van der Waals surface area contributed by atoms with Crippen LogP contribution in [-0.2, 0) is 6.54 Å². The highest BCUT2D eigenvalue weighted by molar-refractivity contribution is 7.15. The summed E-state index contributed by atoms with van der Waals surface area (Å²) < 4.78 is 2.02. The first kappa shape index (κ1) is 13.1. The Kier molecular flexibility index (Phi) is 3.46. The number of carbonyl (C=O) groups excluding carboxylic acids is 1. The molecule has 2 heterocycles. The van der Waals surface area contributed by atoms with Gasteiger partial charge >= 0.3 is 0 Å². The summed E-state index contributed by atoms with van der Waals surface area (Å²) in [6.07, 6.45) is 1.94. The molecule has 1 aromatic carbocycles. The van der Waals surface area contributed by atoms with Crippen molar-refractivity contribution in [2.75, 3.05) is 0 Å². The number of carbonyl (C=O) groups is 1. The molecule has 0 spiro atoms. The van der Waals surface area contributed by atoms with Crippen molar-refractivity contribution in [1.29, 1.82) is 0 Å². The topological polar surface area (TPSA) is 46.4 Å². The van der Waals surface area contributed by atoms with Crippen molar-refractivity contribution in [1.82, 2.24) is 14.7 Å². The highest BCUT2D eigenvalue weighted by Gasteiger charge is 2.09. The van der Waals surface area contributed by atoms with Crippen LogP contribution < -0.4 is 5.32 Å². The molecule has 1 amide bonds. The SMILES string of the molecule is Cc1csc2nc(CNC(=O)c3cccc(Cl)c3)cn12. The van der Waals surface area contributed by atoms with E-state index < -0.39 is 0 Å². The maximum atomic E-state index is 12.0. The van der Waals surface area contributed by atoms with Gasteiger partial charge in [0.25, 0.3) is 5.91 Å². The Morgan fingerprint density at radius 1 is 1.50 bits per heavy atom. The molecule has 102 valence electrons. The molecule has 0 fully saturated rings. The second-order valence-corrected chi connectivity index (χ2v) is 5.73. The molecule has 0 aliphatic heterocycles. The summed E-state index contributed by atoms with van der Waals surface area (Å²) in [5, 5.41) is 5.45. The van der Waals surface area contributed by atoms with Crippen molar-refractivity contribution in [3.8, 4) is 0 Å². The third kappa shape index (κ3) is 2.55. The van der Waals surface area contributed by atoms with E-state index in [2.05, 4.69) is 15.7 Å². The van der Waals surface area contributed by atoms with Crippen molar-refractivity contribution in [3.05, 3.63) is 57.8 Å². The fourth-order valence-corrected chi connectivity index (χ4v) is 2.99. The Bertz CT molecular complexity index is 778. The van der Waals surface area contributed by atoms with Crippen LogP contribution in [0, 0.1) is 6.92 Å². The summed E-state index contributed by atoms with van der Waals surface area (Å²) in [5.74, 6) is -0.152. The molecular weight excluding hydrogens is 294 g/mol. The summed E-state index contributed by atoms with van der Waals surface area (Å²) in [6, 6.07) is 6.88. The summed E-state index contributed by atoms with van der Waals surface area (Å²) in [6.45, 7) is 2.43. The molecule has 20 heavy (non-hydrogen) atoms. The maximum Gasteiger partial charge on any atom is 0.251 e. The van der Waals surface area contributed by atoms with Gasteiger partial charge < -0.3 is 5.32 Å². The standard InChI is InChI=1S/C14H12ClN3OS/c1-9-8-20-14-17-12(7-18(9)14)6-16-13(19)10-3-2-4-11(15)5-10/h2-5,7-8H,6H2,1H3,(H,16,19). The van der Waals surface area contributed by atoms with Gasteiger partial charge in [-0.3, -0.25) is 9.20 Å². The number of amides is 1. The maximum absolute atomic E-state index is 12.0. The predicted molar refractivity (Wildman–Crippen MR) is 80.4 cm³/mol. The number of nitrogens with zero attached hydrogens (tertiary/aromatic N) is 2. The molecule has 6 heteroatoms. The van der Waals surface area contributed by atoms with Crippen molar-refractivity contribution in [3.63, 3.8) is 0 Å². The lowest BCUT2D eigenvalue weighted by atomic mass is 10.2. The van der Waals surface area contributed by atoms with Gasteiger partial charge in [0.05, 0.1) is 12.2 Å². The number of fused-ring (bicyclic) bond motifs is 1. The average molecular weight is 306 g/mol. The van der Waals surface area contributed by atoms with Crippen LogP contribution in [0.4, 0.5) is 0 Å². The number of halogens is 1. The van der Waals surface area contributed by atoms with Gasteiger partial charge in [-0.25, -0.2) is 4.98 Å². The zero-order chi connectivity index (χ0) is 14.1. The van der Waals surface area contributed by atoms with Crippen LogP contribution in [-0.4, -0.2) is 15.3 Å². The minimum atomic E-state index is -0.152. The van der Waals surface area contributed by atoms with E-state index in [1.165, 1.54) is 0 Å². The second-order valence-electron chi connectivity index (χ2n) is 4.45. The number of benzene rings is 1. The zero-order valence-corrected chi connectivity index (χ0v) is 12.3. The molecule has 0 bridgehead atoms. The number of nitrogens with one attached hydrogen (secondary N) is 1. The predicted octanol–water partition coefficient (Wildman–Crippen LogP) is 3.29.